The van der Waals surface area contributed by atoms with E-state index in [4.69, 9.17) is 0 Å². The summed E-state index contributed by atoms with van der Waals surface area (Å²) in [5.74, 6) is 0.836. The Morgan fingerprint density at radius 2 is 2.00 bits per heavy atom. The number of thiophene rings is 1. The Labute approximate surface area is 188 Å². The molecule has 1 aromatic carbocycles. The van der Waals surface area contributed by atoms with Gasteiger partial charge in [0.1, 0.15) is 0 Å². The van der Waals surface area contributed by atoms with Crippen molar-refractivity contribution in [1.82, 2.24) is 14.8 Å². The summed E-state index contributed by atoms with van der Waals surface area (Å²) in [6.07, 6.45) is 4.67. The second-order valence-corrected chi connectivity index (χ2v) is 9.58. The number of aryl methyl sites for hydroxylation is 1. The standard InChI is InChI=1S/C21H23N5O3S2/c1-13(2)25-20(17-11-30-18-6-4-3-5-16(17)18)23-24-21(25)31-12-19(27)22-14-7-9-15(10-8-14)26(28)29/h7-11,13H,3-6,12H2,1-2H3,(H,22,27). The number of thioether (sulfide) groups is 1. The number of nitro groups is 1. The number of rotatable bonds is 7. The van der Waals surface area contributed by atoms with Crippen LogP contribution in [-0.4, -0.2) is 31.3 Å². The molecule has 1 aliphatic carbocycles. The first-order chi connectivity index (χ1) is 14.9. The van der Waals surface area contributed by atoms with E-state index in [9.17, 15) is 14.9 Å². The molecule has 0 bridgehead atoms. The molecule has 3 aromatic rings. The van der Waals surface area contributed by atoms with Crippen LogP contribution in [0.2, 0.25) is 0 Å². The fourth-order valence-electron chi connectivity index (χ4n) is 3.70. The number of hydrogen-bond acceptors (Lipinski definition) is 7. The Kier molecular flexibility index (Phi) is 6.38. The molecule has 0 atom stereocenters. The number of benzene rings is 1. The lowest BCUT2D eigenvalue weighted by atomic mass is 9.95. The number of amides is 1. The summed E-state index contributed by atoms with van der Waals surface area (Å²) in [7, 11) is 0. The van der Waals surface area contributed by atoms with Gasteiger partial charge >= 0.3 is 0 Å². The lowest BCUT2D eigenvalue weighted by molar-refractivity contribution is -0.384. The van der Waals surface area contributed by atoms with Gasteiger partial charge in [-0.1, -0.05) is 11.8 Å². The highest BCUT2D eigenvalue weighted by Gasteiger charge is 2.23. The van der Waals surface area contributed by atoms with E-state index < -0.39 is 4.92 Å². The van der Waals surface area contributed by atoms with Crippen LogP contribution in [0.4, 0.5) is 11.4 Å². The maximum atomic E-state index is 12.4. The number of carbonyl (C=O) groups is 1. The van der Waals surface area contributed by atoms with E-state index in [1.807, 2.05) is 0 Å². The second-order valence-electron chi connectivity index (χ2n) is 7.67. The SMILES string of the molecule is CC(C)n1c(SCC(=O)Nc2ccc([N+](=O)[O-])cc2)nnc1-c1csc2c1CCCC2. The van der Waals surface area contributed by atoms with Crippen LogP contribution in [0.3, 0.4) is 0 Å². The van der Waals surface area contributed by atoms with Crippen molar-refractivity contribution in [3.63, 3.8) is 0 Å². The molecule has 10 heteroatoms. The number of hydrogen-bond donors (Lipinski definition) is 1. The van der Waals surface area contributed by atoms with E-state index in [2.05, 4.69) is 39.3 Å². The van der Waals surface area contributed by atoms with Crippen LogP contribution in [0.25, 0.3) is 11.4 Å². The molecule has 8 nitrogen and oxygen atoms in total. The highest BCUT2D eigenvalue weighted by molar-refractivity contribution is 7.99. The fraction of sp³-hybridized carbons (Fsp3) is 0.381. The van der Waals surface area contributed by atoms with E-state index in [0.29, 0.717) is 10.8 Å². The number of nitrogens with zero attached hydrogens (tertiary/aromatic N) is 4. The highest BCUT2D eigenvalue weighted by Crippen LogP contribution is 2.37. The van der Waals surface area contributed by atoms with Crippen LogP contribution >= 0.6 is 23.1 Å². The van der Waals surface area contributed by atoms with Gasteiger partial charge in [-0.15, -0.1) is 21.5 Å². The van der Waals surface area contributed by atoms with Crippen LogP contribution in [-0.2, 0) is 17.6 Å². The molecule has 2 heterocycles. The first-order valence-corrected chi connectivity index (χ1v) is 12.0. The predicted octanol–water partition coefficient (Wildman–Crippen LogP) is 5.11. The summed E-state index contributed by atoms with van der Waals surface area (Å²) >= 11 is 3.14. The van der Waals surface area contributed by atoms with Gasteiger partial charge in [0.05, 0.1) is 10.7 Å². The van der Waals surface area contributed by atoms with Crippen molar-refractivity contribution in [2.45, 2.75) is 50.7 Å². The number of nitrogens with one attached hydrogen (secondary N) is 1. The minimum absolute atomic E-state index is 0.0134. The van der Waals surface area contributed by atoms with Crippen LogP contribution < -0.4 is 5.32 Å². The molecule has 0 unspecified atom stereocenters. The number of anilines is 1. The Hall–Kier alpha value is -2.72. The summed E-state index contributed by atoms with van der Waals surface area (Å²) in [6.45, 7) is 4.18. The summed E-state index contributed by atoms with van der Waals surface area (Å²) in [4.78, 5) is 24.1. The quantitative estimate of drug-likeness (QED) is 0.301. The van der Waals surface area contributed by atoms with Gasteiger partial charge in [0.25, 0.3) is 5.69 Å². The number of aromatic nitrogens is 3. The molecule has 0 aliphatic heterocycles. The molecule has 1 N–H and O–H groups in total. The topological polar surface area (TPSA) is 103 Å². The molecule has 162 valence electrons. The van der Waals surface area contributed by atoms with Gasteiger partial charge in [-0.25, -0.2) is 0 Å². The molecule has 2 aromatic heterocycles. The Balaban J connectivity index is 1.47. The molecular weight excluding hydrogens is 434 g/mol. The second kappa shape index (κ2) is 9.19. The maximum Gasteiger partial charge on any atom is 0.269 e. The van der Waals surface area contributed by atoms with E-state index in [1.165, 1.54) is 64.9 Å². The Morgan fingerprint density at radius 3 is 2.71 bits per heavy atom. The zero-order valence-electron chi connectivity index (χ0n) is 17.3. The number of nitro benzene ring substituents is 1. The average molecular weight is 458 g/mol. The van der Waals surface area contributed by atoms with Gasteiger partial charge in [-0.05, 0) is 57.2 Å². The Morgan fingerprint density at radius 1 is 1.26 bits per heavy atom. The normalized spacial score (nSPS) is 13.3. The van der Waals surface area contributed by atoms with Crippen LogP contribution in [0.5, 0.6) is 0 Å². The maximum absolute atomic E-state index is 12.4. The zero-order valence-corrected chi connectivity index (χ0v) is 19.0. The van der Waals surface area contributed by atoms with E-state index in [0.717, 1.165) is 18.7 Å². The molecule has 0 saturated carbocycles. The molecule has 31 heavy (non-hydrogen) atoms. The highest BCUT2D eigenvalue weighted by atomic mass is 32.2. The third-order valence-electron chi connectivity index (χ3n) is 5.18. The summed E-state index contributed by atoms with van der Waals surface area (Å²) in [6, 6.07) is 5.94. The first-order valence-electron chi connectivity index (χ1n) is 10.2. The van der Waals surface area contributed by atoms with Crippen molar-refractivity contribution < 1.29 is 9.72 Å². The Bertz CT molecular complexity index is 1100. The lowest BCUT2D eigenvalue weighted by Crippen LogP contribution is -2.15. The van der Waals surface area contributed by atoms with Crippen molar-refractivity contribution >= 4 is 40.4 Å². The van der Waals surface area contributed by atoms with Crippen molar-refractivity contribution in [2.75, 3.05) is 11.1 Å². The van der Waals surface area contributed by atoms with Gasteiger partial charge in [-0.2, -0.15) is 0 Å². The van der Waals surface area contributed by atoms with E-state index >= 15 is 0 Å². The van der Waals surface area contributed by atoms with Crippen LogP contribution in [0.1, 0.15) is 43.2 Å². The third-order valence-corrected chi connectivity index (χ3v) is 7.21. The minimum atomic E-state index is -0.470. The van der Waals surface area contributed by atoms with Gasteiger partial charge in [-0.3, -0.25) is 19.5 Å². The van der Waals surface area contributed by atoms with Crippen LogP contribution in [0.15, 0.2) is 34.8 Å². The van der Waals surface area contributed by atoms with E-state index in [-0.39, 0.29) is 23.4 Å². The average Bonchev–Trinajstić information content (AvgIpc) is 3.36. The molecular formula is C21H23N5O3S2. The summed E-state index contributed by atoms with van der Waals surface area (Å²) < 4.78 is 2.10. The number of fused-ring (bicyclic) bond motifs is 1. The molecule has 1 amide bonds. The molecule has 0 radical (unpaired) electrons. The monoisotopic (exact) mass is 457 g/mol. The predicted molar refractivity (Wildman–Crippen MR) is 123 cm³/mol. The molecule has 0 fully saturated rings. The van der Waals surface area contributed by atoms with Gasteiger partial charge < -0.3 is 5.32 Å². The zero-order chi connectivity index (χ0) is 22.0. The minimum Gasteiger partial charge on any atom is -0.325 e. The third kappa shape index (κ3) is 4.64. The van der Waals surface area contributed by atoms with Gasteiger partial charge in [0.2, 0.25) is 5.91 Å². The summed E-state index contributed by atoms with van der Waals surface area (Å²) in [5.41, 5.74) is 3.08. The van der Waals surface area contributed by atoms with Crippen LogP contribution in [0, 0.1) is 10.1 Å². The van der Waals surface area contributed by atoms with Gasteiger partial charge in [0, 0.05) is 39.7 Å². The number of non-ortho nitro benzene ring substituents is 1. The molecule has 1 aliphatic rings. The van der Waals surface area contributed by atoms with Crippen molar-refractivity contribution in [2.24, 2.45) is 0 Å². The van der Waals surface area contributed by atoms with Gasteiger partial charge in [0.15, 0.2) is 11.0 Å². The van der Waals surface area contributed by atoms with E-state index in [1.54, 1.807) is 11.3 Å². The molecule has 0 saturated heterocycles. The summed E-state index contributed by atoms with van der Waals surface area (Å²) in [5, 5.41) is 25.3. The molecule has 0 spiro atoms. The smallest absolute Gasteiger partial charge is 0.269 e. The first kappa shape index (κ1) is 21.5. The number of carbonyl (C=O) groups excluding carboxylic acids is 1. The fourth-order valence-corrected chi connectivity index (χ4v) is 5.69. The van der Waals surface area contributed by atoms with Crippen molar-refractivity contribution in [3.8, 4) is 11.4 Å². The van der Waals surface area contributed by atoms with Crippen molar-refractivity contribution in [3.05, 3.63) is 50.2 Å². The lowest BCUT2D eigenvalue weighted by Gasteiger charge is -2.16. The molecule has 4 rings (SSSR count). The largest absolute Gasteiger partial charge is 0.325 e. The van der Waals surface area contributed by atoms with Crippen molar-refractivity contribution in [1.29, 1.82) is 0 Å².